The highest BCUT2D eigenvalue weighted by molar-refractivity contribution is 8.00. The monoisotopic (exact) mass is 294 g/mol. The number of hydrogen-bond acceptors (Lipinski definition) is 5. The first-order chi connectivity index (χ1) is 9.59. The van der Waals surface area contributed by atoms with Crippen molar-refractivity contribution in [3.05, 3.63) is 29.6 Å². The SMILES string of the molecule is CSC1(C(N)=NO)CCN(Cc2cccc(C)n2)CC1. The molecule has 1 saturated heterocycles. The predicted octanol–water partition coefficient (Wildman–Crippen LogP) is 1.83. The van der Waals surface area contributed by atoms with Gasteiger partial charge < -0.3 is 10.9 Å². The fraction of sp³-hybridized carbons (Fsp3) is 0.571. The number of aromatic nitrogens is 1. The van der Waals surface area contributed by atoms with Gasteiger partial charge in [0.05, 0.1) is 10.4 Å². The van der Waals surface area contributed by atoms with Crippen LogP contribution in [0.2, 0.25) is 0 Å². The molecule has 3 N–H and O–H groups in total. The Morgan fingerprint density at radius 1 is 1.50 bits per heavy atom. The van der Waals surface area contributed by atoms with Gasteiger partial charge in [0, 0.05) is 25.3 Å². The first kappa shape index (κ1) is 15.1. The van der Waals surface area contributed by atoms with Crippen LogP contribution in [0.4, 0.5) is 0 Å². The molecule has 2 heterocycles. The molecule has 1 fully saturated rings. The lowest BCUT2D eigenvalue weighted by Gasteiger charge is -2.39. The number of amidine groups is 1. The highest BCUT2D eigenvalue weighted by Gasteiger charge is 2.38. The van der Waals surface area contributed by atoms with Crippen LogP contribution in [-0.4, -0.2) is 45.0 Å². The quantitative estimate of drug-likeness (QED) is 0.383. The summed E-state index contributed by atoms with van der Waals surface area (Å²) in [7, 11) is 0. The van der Waals surface area contributed by atoms with Gasteiger partial charge in [-0.1, -0.05) is 11.2 Å². The fourth-order valence-electron chi connectivity index (χ4n) is 2.64. The van der Waals surface area contributed by atoms with Crippen molar-refractivity contribution in [3.8, 4) is 0 Å². The smallest absolute Gasteiger partial charge is 0.155 e. The molecule has 1 aromatic rings. The summed E-state index contributed by atoms with van der Waals surface area (Å²) in [5.41, 5.74) is 8.01. The second-order valence-corrected chi connectivity index (χ2v) is 6.42. The van der Waals surface area contributed by atoms with Crippen LogP contribution in [-0.2, 0) is 6.54 Å². The number of hydrogen-bond donors (Lipinski definition) is 2. The van der Waals surface area contributed by atoms with Crippen molar-refractivity contribution in [1.82, 2.24) is 9.88 Å². The van der Waals surface area contributed by atoms with Gasteiger partial charge in [0.2, 0.25) is 0 Å². The molecule has 0 bridgehead atoms. The molecule has 0 unspecified atom stereocenters. The zero-order valence-electron chi connectivity index (χ0n) is 12.0. The molecule has 0 aliphatic carbocycles. The molecule has 5 nitrogen and oxygen atoms in total. The van der Waals surface area contributed by atoms with E-state index < -0.39 is 0 Å². The maximum absolute atomic E-state index is 8.94. The molecule has 0 atom stereocenters. The van der Waals surface area contributed by atoms with Crippen molar-refractivity contribution >= 4 is 17.6 Å². The Hall–Kier alpha value is -1.27. The molecule has 0 radical (unpaired) electrons. The molecule has 0 spiro atoms. The molecule has 0 amide bonds. The standard InChI is InChI=1S/C14H22N4OS/c1-11-4-3-5-12(16-11)10-18-8-6-14(20-2,7-9-18)13(15)17-19/h3-5,19H,6-10H2,1-2H3,(H2,15,17). The number of oxime groups is 1. The Morgan fingerprint density at radius 2 is 2.20 bits per heavy atom. The molecular formula is C14H22N4OS. The van der Waals surface area contributed by atoms with Gasteiger partial charge in [0.1, 0.15) is 0 Å². The van der Waals surface area contributed by atoms with E-state index in [1.165, 1.54) is 0 Å². The van der Waals surface area contributed by atoms with Gasteiger partial charge in [0.25, 0.3) is 0 Å². The van der Waals surface area contributed by atoms with E-state index in [1.807, 2.05) is 25.3 Å². The molecule has 2 rings (SSSR count). The van der Waals surface area contributed by atoms with E-state index in [1.54, 1.807) is 11.8 Å². The summed E-state index contributed by atoms with van der Waals surface area (Å²) in [6.45, 7) is 4.75. The number of rotatable bonds is 4. The van der Waals surface area contributed by atoms with Crippen molar-refractivity contribution in [2.45, 2.75) is 31.1 Å². The maximum Gasteiger partial charge on any atom is 0.155 e. The van der Waals surface area contributed by atoms with Gasteiger partial charge in [-0.3, -0.25) is 9.88 Å². The van der Waals surface area contributed by atoms with Crippen LogP contribution in [0.5, 0.6) is 0 Å². The van der Waals surface area contributed by atoms with Crippen molar-refractivity contribution in [2.24, 2.45) is 10.9 Å². The number of pyridine rings is 1. The zero-order chi connectivity index (χ0) is 14.6. The highest BCUT2D eigenvalue weighted by atomic mass is 32.2. The minimum Gasteiger partial charge on any atom is -0.409 e. The molecule has 1 aliphatic heterocycles. The molecule has 1 aliphatic rings. The minimum absolute atomic E-state index is 0.217. The Bertz CT molecular complexity index is 484. The van der Waals surface area contributed by atoms with Crippen LogP contribution in [0.15, 0.2) is 23.4 Å². The third kappa shape index (κ3) is 3.24. The van der Waals surface area contributed by atoms with Crippen LogP contribution in [0, 0.1) is 6.92 Å². The molecule has 0 saturated carbocycles. The Balaban J connectivity index is 1.97. The summed E-state index contributed by atoms with van der Waals surface area (Å²) in [5.74, 6) is 0.346. The van der Waals surface area contributed by atoms with E-state index in [4.69, 9.17) is 10.9 Å². The lowest BCUT2D eigenvalue weighted by atomic mass is 9.94. The number of nitrogens with zero attached hydrogens (tertiary/aromatic N) is 3. The van der Waals surface area contributed by atoms with Gasteiger partial charge >= 0.3 is 0 Å². The number of likely N-dealkylation sites (tertiary alicyclic amines) is 1. The van der Waals surface area contributed by atoms with Gasteiger partial charge in [-0.2, -0.15) is 11.8 Å². The average molecular weight is 294 g/mol. The maximum atomic E-state index is 8.94. The summed E-state index contributed by atoms with van der Waals surface area (Å²) in [5, 5.41) is 12.2. The number of aryl methyl sites for hydroxylation is 1. The van der Waals surface area contributed by atoms with Crippen molar-refractivity contribution in [3.63, 3.8) is 0 Å². The second-order valence-electron chi connectivity index (χ2n) is 5.23. The number of thioether (sulfide) groups is 1. The molecule has 0 aromatic carbocycles. The molecule has 6 heteroatoms. The summed E-state index contributed by atoms with van der Waals surface area (Å²) >= 11 is 1.68. The third-order valence-corrected chi connectivity index (χ3v) is 5.36. The second kappa shape index (κ2) is 6.45. The number of piperidine rings is 1. The summed E-state index contributed by atoms with van der Waals surface area (Å²) in [6, 6.07) is 6.12. The largest absolute Gasteiger partial charge is 0.409 e. The Morgan fingerprint density at radius 3 is 2.75 bits per heavy atom. The van der Waals surface area contributed by atoms with Crippen molar-refractivity contribution in [2.75, 3.05) is 19.3 Å². The normalized spacial score (nSPS) is 20.0. The van der Waals surface area contributed by atoms with E-state index in [0.29, 0.717) is 5.84 Å². The summed E-state index contributed by atoms with van der Waals surface area (Å²) in [4.78, 5) is 6.92. The first-order valence-corrected chi connectivity index (χ1v) is 8.00. The van der Waals surface area contributed by atoms with Crippen LogP contribution in [0.25, 0.3) is 0 Å². The first-order valence-electron chi connectivity index (χ1n) is 6.78. The molecule has 20 heavy (non-hydrogen) atoms. The van der Waals surface area contributed by atoms with Crippen LogP contribution >= 0.6 is 11.8 Å². The van der Waals surface area contributed by atoms with Crippen LogP contribution in [0.1, 0.15) is 24.2 Å². The Kier molecular flexibility index (Phi) is 4.88. The van der Waals surface area contributed by atoms with Crippen molar-refractivity contribution in [1.29, 1.82) is 0 Å². The van der Waals surface area contributed by atoms with Crippen LogP contribution in [0.3, 0.4) is 0 Å². The van der Waals surface area contributed by atoms with Crippen LogP contribution < -0.4 is 5.73 Å². The molecule has 1 aromatic heterocycles. The minimum atomic E-state index is -0.217. The summed E-state index contributed by atoms with van der Waals surface area (Å²) in [6.07, 6.45) is 3.82. The molecular weight excluding hydrogens is 272 g/mol. The van der Waals surface area contributed by atoms with E-state index in [9.17, 15) is 0 Å². The predicted molar refractivity (Wildman–Crippen MR) is 83.1 cm³/mol. The van der Waals surface area contributed by atoms with E-state index in [-0.39, 0.29) is 4.75 Å². The molecule has 110 valence electrons. The van der Waals surface area contributed by atoms with E-state index in [2.05, 4.69) is 21.1 Å². The van der Waals surface area contributed by atoms with Gasteiger partial charge in [0.15, 0.2) is 5.84 Å². The van der Waals surface area contributed by atoms with Gasteiger partial charge in [-0.25, -0.2) is 0 Å². The third-order valence-electron chi connectivity index (χ3n) is 3.96. The highest BCUT2D eigenvalue weighted by Crippen LogP contribution is 2.35. The Labute approximate surface area is 124 Å². The fourth-order valence-corrected chi connectivity index (χ4v) is 3.49. The topological polar surface area (TPSA) is 74.7 Å². The van der Waals surface area contributed by atoms with E-state index in [0.717, 1.165) is 43.9 Å². The number of nitrogens with two attached hydrogens (primary N) is 1. The van der Waals surface area contributed by atoms with E-state index >= 15 is 0 Å². The summed E-state index contributed by atoms with van der Waals surface area (Å²) < 4.78 is -0.217. The van der Waals surface area contributed by atoms with Crippen molar-refractivity contribution < 1.29 is 5.21 Å². The lowest BCUT2D eigenvalue weighted by Crippen LogP contribution is -2.49. The average Bonchev–Trinajstić information content (AvgIpc) is 2.47. The van der Waals surface area contributed by atoms with Gasteiger partial charge in [-0.05, 0) is 38.2 Å². The van der Waals surface area contributed by atoms with Gasteiger partial charge in [-0.15, -0.1) is 0 Å². The lowest BCUT2D eigenvalue weighted by molar-refractivity contribution is 0.207. The zero-order valence-corrected chi connectivity index (χ0v) is 12.9.